The smallest absolute Gasteiger partial charge is 0.227 e. The minimum Gasteiger partial charge on any atom is -0.493 e. The molecule has 1 unspecified atom stereocenters. The normalized spacial score (nSPS) is 18.3. The van der Waals surface area contributed by atoms with Crippen molar-refractivity contribution in [3.63, 3.8) is 0 Å². The van der Waals surface area contributed by atoms with Gasteiger partial charge in [-0.15, -0.1) is 0 Å². The Hall–Kier alpha value is -2.24. The fourth-order valence-electron chi connectivity index (χ4n) is 2.10. The van der Waals surface area contributed by atoms with Crippen molar-refractivity contribution in [2.75, 3.05) is 13.2 Å². The first-order chi connectivity index (χ1) is 9.22. The predicted octanol–water partition coefficient (Wildman–Crippen LogP) is 0.805. The molecule has 0 saturated carbocycles. The molecule has 1 aromatic carbocycles. The molecular weight excluding hydrogens is 246 g/mol. The molecule has 4 N–H and O–H groups in total. The van der Waals surface area contributed by atoms with Crippen LogP contribution in [0.2, 0.25) is 0 Å². The summed E-state index contributed by atoms with van der Waals surface area (Å²) in [5, 5.41) is 14.1. The Labute approximate surface area is 111 Å². The summed E-state index contributed by atoms with van der Waals surface area (Å²) in [5.41, 5.74) is 6.25. The van der Waals surface area contributed by atoms with Crippen molar-refractivity contribution in [1.82, 2.24) is 5.32 Å². The Morgan fingerprint density at radius 2 is 2.32 bits per heavy atom. The lowest BCUT2D eigenvalue weighted by Gasteiger charge is -2.25. The Morgan fingerprint density at radius 3 is 3.11 bits per heavy atom. The molecule has 1 aliphatic heterocycles. The zero-order chi connectivity index (χ0) is 13.7. The first-order valence-electron chi connectivity index (χ1n) is 6.18. The van der Waals surface area contributed by atoms with Crippen molar-refractivity contribution in [1.29, 1.82) is 0 Å². The number of carbonyl (C=O) groups excluding carboxylic acids is 1. The number of amidine groups is 1. The SMILES string of the molecule is NC(CCNC(=O)C1CCOc2ccccc21)=NO. The number of para-hydroxylation sites is 1. The number of fused-ring (bicyclic) bond motifs is 1. The third-order valence-corrected chi connectivity index (χ3v) is 3.08. The van der Waals surface area contributed by atoms with Crippen LogP contribution in [0.3, 0.4) is 0 Å². The Bertz CT molecular complexity index is 488. The lowest BCUT2D eigenvalue weighted by atomic mass is 9.92. The van der Waals surface area contributed by atoms with Gasteiger partial charge in [0, 0.05) is 18.5 Å². The third-order valence-electron chi connectivity index (χ3n) is 3.08. The van der Waals surface area contributed by atoms with E-state index in [1.54, 1.807) is 0 Å². The molecule has 1 aromatic rings. The molecule has 102 valence electrons. The molecule has 0 fully saturated rings. The zero-order valence-corrected chi connectivity index (χ0v) is 10.5. The number of hydrogen-bond donors (Lipinski definition) is 3. The fourth-order valence-corrected chi connectivity index (χ4v) is 2.10. The summed E-state index contributed by atoms with van der Waals surface area (Å²) in [6.45, 7) is 0.892. The maximum absolute atomic E-state index is 12.1. The van der Waals surface area contributed by atoms with Gasteiger partial charge in [-0.25, -0.2) is 0 Å². The molecule has 1 aliphatic rings. The van der Waals surface area contributed by atoms with Gasteiger partial charge in [0.1, 0.15) is 11.6 Å². The molecular formula is C13H17N3O3. The van der Waals surface area contributed by atoms with Crippen LogP contribution in [-0.4, -0.2) is 30.1 Å². The van der Waals surface area contributed by atoms with E-state index in [1.165, 1.54) is 0 Å². The molecule has 0 saturated heterocycles. The van der Waals surface area contributed by atoms with Crippen molar-refractivity contribution >= 4 is 11.7 Å². The lowest BCUT2D eigenvalue weighted by molar-refractivity contribution is -0.123. The van der Waals surface area contributed by atoms with Crippen molar-refractivity contribution in [2.24, 2.45) is 10.9 Å². The molecule has 1 heterocycles. The lowest BCUT2D eigenvalue weighted by Crippen LogP contribution is -2.34. The van der Waals surface area contributed by atoms with Crippen molar-refractivity contribution in [3.8, 4) is 5.75 Å². The van der Waals surface area contributed by atoms with Crippen LogP contribution < -0.4 is 15.8 Å². The zero-order valence-electron chi connectivity index (χ0n) is 10.5. The second-order valence-corrected chi connectivity index (χ2v) is 4.36. The molecule has 0 aliphatic carbocycles. The van der Waals surface area contributed by atoms with Crippen LogP contribution in [-0.2, 0) is 4.79 Å². The van der Waals surface area contributed by atoms with E-state index in [2.05, 4.69) is 10.5 Å². The maximum atomic E-state index is 12.1. The highest BCUT2D eigenvalue weighted by atomic mass is 16.5. The highest BCUT2D eigenvalue weighted by molar-refractivity contribution is 5.85. The quantitative estimate of drug-likeness (QED) is 0.324. The number of nitrogens with two attached hydrogens (primary N) is 1. The predicted molar refractivity (Wildman–Crippen MR) is 70.3 cm³/mol. The van der Waals surface area contributed by atoms with Gasteiger partial charge in [0.15, 0.2) is 0 Å². The fraction of sp³-hybridized carbons (Fsp3) is 0.385. The van der Waals surface area contributed by atoms with Crippen LogP contribution >= 0.6 is 0 Å². The molecule has 0 bridgehead atoms. The van der Waals surface area contributed by atoms with Crippen molar-refractivity contribution in [3.05, 3.63) is 29.8 Å². The molecule has 1 amide bonds. The average Bonchev–Trinajstić information content (AvgIpc) is 2.46. The average molecular weight is 263 g/mol. The maximum Gasteiger partial charge on any atom is 0.227 e. The summed E-state index contributed by atoms with van der Waals surface area (Å²) in [6, 6.07) is 7.55. The van der Waals surface area contributed by atoms with E-state index >= 15 is 0 Å². The number of ether oxygens (including phenoxy) is 1. The van der Waals surface area contributed by atoms with Crippen LogP contribution in [0, 0.1) is 0 Å². The first-order valence-corrected chi connectivity index (χ1v) is 6.18. The number of carbonyl (C=O) groups is 1. The van der Waals surface area contributed by atoms with Gasteiger partial charge in [-0.3, -0.25) is 4.79 Å². The number of hydrogen-bond acceptors (Lipinski definition) is 4. The summed E-state index contributed by atoms with van der Waals surface area (Å²) in [6.07, 6.45) is 0.986. The van der Waals surface area contributed by atoms with Gasteiger partial charge >= 0.3 is 0 Å². The largest absolute Gasteiger partial charge is 0.493 e. The topological polar surface area (TPSA) is 96.9 Å². The standard InChI is InChI=1S/C13H17N3O3/c14-12(16-18)5-7-15-13(17)10-6-8-19-11-4-2-1-3-9(10)11/h1-4,10,18H,5-8H2,(H2,14,16)(H,15,17). The van der Waals surface area contributed by atoms with E-state index in [-0.39, 0.29) is 17.7 Å². The van der Waals surface area contributed by atoms with Crippen LogP contribution in [0.1, 0.15) is 24.3 Å². The van der Waals surface area contributed by atoms with E-state index in [0.29, 0.717) is 26.0 Å². The number of rotatable bonds is 4. The van der Waals surface area contributed by atoms with E-state index in [9.17, 15) is 4.79 Å². The molecule has 6 nitrogen and oxygen atoms in total. The van der Waals surface area contributed by atoms with Gasteiger partial charge in [-0.2, -0.15) is 0 Å². The Morgan fingerprint density at radius 1 is 1.53 bits per heavy atom. The number of benzene rings is 1. The molecule has 2 rings (SSSR count). The van der Waals surface area contributed by atoms with Crippen LogP contribution in [0.25, 0.3) is 0 Å². The van der Waals surface area contributed by atoms with E-state index < -0.39 is 0 Å². The van der Waals surface area contributed by atoms with Gasteiger partial charge in [0.05, 0.1) is 12.5 Å². The second kappa shape index (κ2) is 6.08. The number of nitrogens with one attached hydrogen (secondary N) is 1. The third kappa shape index (κ3) is 3.15. The van der Waals surface area contributed by atoms with Gasteiger partial charge in [-0.05, 0) is 12.5 Å². The van der Waals surface area contributed by atoms with Gasteiger partial charge in [0.2, 0.25) is 5.91 Å². The Kier molecular flexibility index (Phi) is 4.22. The second-order valence-electron chi connectivity index (χ2n) is 4.36. The molecule has 6 heteroatoms. The summed E-state index contributed by atoms with van der Waals surface area (Å²) >= 11 is 0. The molecule has 0 aromatic heterocycles. The molecule has 0 spiro atoms. The van der Waals surface area contributed by atoms with Crippen LogP contribution in [0.4, 0.5) is 0 Å². The monoisotopic (exact) mass is 263 g/mol. The summed E-state index contributed by atoms with van der Waals surface area (Å²) in [5.74, 6) is 0.622. The van der Waals surface area contributed by atoms with E-state index in [1.807, 2.05) is 24.3 Å². The Balaban J connectivity index is 1.97. The molecule has 0 radical (unpaired) electrons. The van der Waals surface area contributed by atoms with Gasteiger partial charge in [-0.1, -0.05) is 23.4 Å². The van der Waals surface area contributed by atoms with Crippen LogP contribution in [0.15, 0.2) is 29.4 Å². The first kappa shape index (κ1) is 13.2. The number of oxime groups is 1. The van der Waals surface area contributed by atoms with E-state index in [0.717, 1.165) is 11.3 Å². The van der Waals surface area contributed by atoms with Crippen molar-refractivity contribution in [2.45, 2.75) is 18.8 Å². The van der Waals surface area contributed by atoms with Crippen LogP contribution in [0.5, 0.6) is 5.75 Å². The van der Waals surface area contributed by atoms with Gasteiger partial charge in [0.25, 0.3) is 0 Å². The summed E-state index contributed by atoms with van der Waals surface area (Å²) < 4.78 is 5.51. The highest BCUT2D eigenvalue weighted by Gasteiger charge is 2.26. The minimum atomic E-state index is -0.197. The molecule has 1 atom stereocenters. The number of nitrogens with zero attached hydrogens (tertiary/aromatic N) is 1. The summed E-state index contributed by atoms with van der Waals surface area (Å²) in [7, 11) is 0. The highest BCUT2D eigenvalue weighted by Crippen LogP contribution is 2.33. The molecule has 19 heavy (non-hydrogen) atoms. The van der Waals surface area contributed by atoms with Gasteiger partial charge < -0.3 is 21.0 Å². The number of amides is 1. The minimum absolute atomic E-state index is 0.0542. The van der Waals surface area contributed by atoms with E-state index in [4.69, 9.17) is 15.7 Å². The summed E-state index contributed by atoms with van der Waals surface area (Å²) in [4.78, 5) is 12.1. The van der Waals surface area contributed by atoms with Crippen molar-refractivity contribution < 1.29 is 14.7 Å².